The Morgan fingerprint density at radius 2 is 1.81 bits per heavy atom. The van der Waals surface area contributed by atoms with Crippen molar-refractivity contribution in [1.82, 2.24) is 9.80 Å². The Morgan fingerprint density at radius 1 is 1.25 bits per heavy atom. The Bertz CT molecular complexity index is 273. The molecule has 2 rings (SSSR count). The third-order valence-electron chi connectivity index (χ3n) is 3.91. The van der Waals surface area contributed by atoms with Gasteiger partial charge in [0.15, 0.2) is 0 Å². The number of likely N-dealkylation sites (N-methyl/N-ethyl adjacent to an activating group) is 1. The van der Waals surface area contributed by atoms with E-state index in [-0.39, 0.29) is 0 Å². The minimum Gasteiger partial charge on any atom is -0.312 e. The van der Waals surface area contributed by atoms with Crippen molar-refractivity contribution in [1.29, 1.82) is 5.26 Å². The Balaban J connectivity index is 1.84. The molecule has 0 spiro atoms. The van der Waals surface area contributed by atoms with Gasteiger partial charge >= 0.3 is 0 Å². The predicted octanol–water partition coefficient (Wildman–Crippen LogP) is 0.255. The molecule has 0 aromatic heterocycles. The van der Waals surface area contributed by atoms with Crippen LogP contribution in [0.5, 0.6) is 0 Å². The van der Waals surface area contributed by atoms with Crippen LogP contribution in [0.15, 0.2) is 0 Å². The Hall–Kier alpha value is -0.630. The monoisotopic (exact) mass is 222 g/mol. The quantitative estimate of drug-likeness (QED) is 0.741. The van der Waals surface area contributed by atoms with Crippen LogP contribution >= 0.6 is 0 Å². The summed E-state index contributed by atoms with van der Waals surface area (Å²) in [5, 5.41) is 9.21. The highest BCUT2D eigenvalue weighted by Gasteiger charge is 2.43. The maximum atomic E-state index is 9.21. The molecule has 0 radical (unpaired) electrons. The van der Waals surface area contributed by atoms with E-state index in [9.17, 15) is 5.26 Å². The van der Waals surface area contributed by atoms with Crippen molar-refractivity contribution in [2.75, 3.05) is 39.3 Å². The highest BCUT2D eigenvalue weighted by Crippen LogP contribution is 2.38. The maximum absolute atomic E-state index is 9.21. The molecule has 0 amide bonds. The summed E-state index contributed by atoms with van der Waals surface area (Å²) in [7, 11) is 0. The van der Waals surface area contributed by atoms with E-state index in [0.717, 1.165) is 52.1 Å². The maximum Gasteiger partial charge on any atom is 0.119 e. The van der Waals surface area contributed by atoms with Crippen molar-refractivity contribution in [2.45, 2.75) is 25.3 Å². The molecule has 4 nitrogen and oxygen atoms in total. The van der Waals surface area contributed by atoms with Gasteiger partial charge in [0.25, 0.3) is 0 Å². The van der Waals surface area contributed by atoms with Gasteiger partial charge in [-0.1, -0.05) is 6.92 Å². The first-order valence-corrected chi connectivity index (χ1v) is 6.33. The van der Waals surface area contributed by atoms with Gasteiger partial charge in [-0.25, -0.2) is 0 Å². The third-order valence-corrected chi connectivity index (χ3v) is 3.91. The smallest absolute Gasteiger partial charge is 0.119 e. The van der Waals surface area contributed by atoms with Gasteiger partial charge in [-0.2, -0.15) is 5.26 Å². The first-order chi connectivity index (χ1) is 7.68. The van der Waals surface area contributed by atoms with Gasteiger partial charge in [0.2, 0.25) is 0 Å². The number of nitrogens with zero attached hydrogens (tertiary/aromatic N) is 3. The summed E-state index contributed by atoms with van der Waals surface area (Å²) in [5.41, 5.74) is 5.60. The van der Waals surface area contributed by atoms with E-state index in [2.05, 4.69) is 22.8 Å². The van der Waals surface area contributed by atoms with Crippen molar-refractivity contribution in [3.63, 3.8) is 0 Å². The van der Waals surface area contributed by atoms with Crippen LogP contribution in [0.25, 0.3) is 0 Å². The van der Waals surface area contributed by atoms with Crippen molar-refractivity contribution in [3.05, 3.63) is 0 Å². The minimum absolute atomic E-state index is 0.446. The lowest BCUT2D eigenvalue weighted by atomic mass is 9.95. The molecule has 1 unspecified atom stereocenters. The molecule has 1 aliphatic heterocycles. The summed E-state index contributed by atoms with van der Waals surface area (Å²) >= 11 is 0. The van der Waals surface area contributed by atoms with E-state index in [1.165, 1.54) is 0 Å². The van der Waals surface area contributed by atoms with Crippen LogP contribution in [0.2, 0.25) is 0 Å². The van der Waals surface area contributed by atoms with E-state index in [1.54, 1.807) is 0 Å². The van der Waals surface area contributed by atoms with Crippen LogP contribution in [-0.4, -0.2) is 54.6 Å². The van der Waals surface area contributed by atoms with Gasteiger partial charge in [-0.05, 0) is 25.3 Å². The molecule has 0 aromatic rings. The number of hydrogen-bond acceptors (Lipinski definition) is 4. The summed E-state index contributed by atoms with van der Waals surface area (Å²) in [5.74, 6) is 0.446. The molecule has 1 aliphatic carbocycles. The predicted molar refractivity (Wildman–Crippen MR) is 63.8 cm³/mol. The van der Waals surface area contributed by atoms with E-state index in [0.29, 0.717) is 5.92 Å². The van der Waals surface area contributed by atoms with Crippen molar-refractivity contribution < 1.29 is 0 Å². The van der Waals surface area contributed by atoms with Crippen LogP contribution in [-0.2, 0) is 0 Å². The van der Waals surface area contributed by atoms with Gasteiger partial charge in [0.05, 0.1) is 6.07 Å². The summed E-state index contributed by atoms with van der Waals surface area (Å²) in [6, 6.07) is 2.34. The van der Waals surface area contributed by atoms with E-state index in [4.69, 9.17) is 5.73 Å². The standard InChI is InChI=1S/C12H22N4/c1-2-15-5-7-16(8-6-15)10-12(14,9-13)11-3-4-11/h11H,2-8,10,14H2,1H3. The topological polar surface area (TPSA) is 56.3 Å². The fourth-order valence-electron chi connectivity index (χ4n) is 2.49. The van der Waals surface area contributed by atoms with Crippen LogP contribution in [0.3, 0.4) is 0 Å². The molecule has 2 N–H and O–H groups in total. The second-order valence-corrected chi connectivity index (χ2v) is 5.14. The Morgan fingerprint density at radius 3 is 2.25 bits per heavy atom. The fourth-order valence-corrected chi connectivity index (χ4v) is 2.49. The molecule has 0 bridgehead atoms. The molecular weight excluding hydrogens is 200 g/mol. The fraction of sp³-hybridized carbons (Fsp3) is 0.917. The third kappa shape index (κ3) is 2.54. The lowest BCUT2D eigenvalue weighted by molar-refractivity contribution is 0.119. The van der Waals surface area contributed by atoms with Crippen LogP contribution < -0.4 is 5.73 Å². The number of hydrogen-bond donors (Lipinski definition) is 1. The zero-order valence-corrected chi connectivity index (χ0v) is 10.2. The Kier molecular flexibility index (Phi) is 3.48. The molecule has 90 valence electrons. The van der Waals surface area contributed by atoms with E-state index >= 15 is 0 Å². The van der Waals surface area contributed by atoms with Crippen LogP contribution in [0.1, 0.15) is 19.8 Å². The zero-order chi connectivity index (χ0) is 11.6. The molecular formula is C12H22N4. The summed E-state index contributed by atoms with van der Waals surface area (Å²) in [6.45, 7) is 8.42. The average molecular weight is 222 g/mol. The second kappa shape index (κ2) is 4.70. The van der Waals surface area contributed by atoms with Gasteiger partial charge in [-0.15, -0.1) is 0 Å². The number of nitrogens with two attached hydrogens (primary N) is 1. The molecule has 4 heteroatoms. The minimum atomic E-state index is -0.589. The van der Waals surface area contributed by atoms with Crippen LogP contribution in [0, 0.1) is 17.2 Å². The molecule has 2 aliphatic rings. The average Bonchev–Trinajstić information content (AvgIpc) is 3.14. The van der Waals surface area contributed by atoms with Gasteiger partial charge in [-0.3, -0.25) is 4.90 Å². The molecule has 0 aromatic carbocycles. The summed E-state index contributed by atoms with van der Waals surface area (Å²) < 4.78 is 0. The van der Waals surface area contributed by atoms with Gasteiger partial charge in [0.1, 0.15) is 5.54 Å². The lowest BCUT2D eigenvalue weighted by Crippen LogP contribution is -2.55. The van der Waals surface area contributed by atoms with Crippen molar-refractivity contribution in [3.8, 4) is 6.07 Å². The number of rotatable bonds is 4. The first kappa shape index (κ1) is 11.8. The normalized spacial score (nSPS) is 27.3. The molecule has 1 heterocycles. The number of piperazine rings is 1. The first-order valence-electron chi connectivity index (χ1n) is 6.33. The summed E-state index contributed by atoms with van der Waals surface area (Å²) in [6.07, 6.45) is 2.28. The van der Waals surface area contributed by atoms with Crippen LogP contribution in [0.4, 0.5) is 0 Å². The highest BCUT2D eigenvalue weighted by atomic mass is 15.3. The summed E-state index contributed by atoms with van der Waals surface area (Å²) in [4.78, 5) is 4.80. The van der Waals surface area contributed by atoms with Gasteiger partial charge < -0.3 is 10.6 Å². The zero-order valence-electron chi connectivity index (χ0n) is 10.2. The number of nitriles is 1. The molecule has 2 fully saturated rings. The molecule has 16 heavy (non-hydrogen) atoms. The van der Waals surface area contributed by atoms with Gasteiger partial charge in [0, 0.05) is 32.7 Å². The SMILES string of the molecule is CCN1CCN(CC(N)(C#N)C2CC2)CC1. The molecule has 1 saturated carbocycles. The highest BCUT2D eigenvalue weighted by molar-refractivity contribution is 5.14. The van der Waals surface area contributed by atoms with E-state index in [1.807, 2.05) is 0 Å². The lowest BCUT2D eigenvalue weighted by Gasteiger charge is -2.37. The van der Waals surface area contributed by atoms with E-state index < -0.39 is 5.54 Å². The molecule has 1 atom stereocenters. The molecule has 1 saturated heterocycles. The van der Waals surface area contributed by atoms with Crippen molar-refractivity contribution in [2.24, 2.45) is 11.7 Å². The Labute approximate surface area is 98.0 Å². The van der Waals surface area contributed by atoms with Crippen molar-refractivity contribution >= 4 is 0 Å². The largest absolute Gasteiger partial charge is 0.312 e. The second-order valence-electron chi connectivity index (χ2n) is 5.14.